The van der Waals surface area contributed by atoms with E-state index in [2.05, 4.69) is 179 Å². The smallest absolute Gasteiger partial charge is 0.137 e. The van der Waals surface area contributed by atoms with Crippen molar-refractivity contribution in [1.82, 2.24) is 17.5 Å². The fourth-order valence-electron chi connectivity index (χ4n) is 12.3. The van der Waals surface area contributed by atoms with Gasteiger partial charge in [-0.05, 0) is 209 Å². The Bertz CT molecular complexity index is 5970. The van der Waals surface area contributed by atoms with E-state index in [0.717, 1.165) is 41.6 Å². The number of fused-ring (bicyclic) bond motifs is 14. The zero-order chi connectivity index (χ0) is 67.1. The highest BCUT2D eigenvalue weighted by Crippen LogP contribution is 2.55. The molecule has 0 bridgehead atoms. The Hall–Kier alpha value is -5.48. The Morgan fingerprint density at radius 1 is 0.268 bits per heavy atom. The fourth-order valence-corrected chi connectivity index (χ4v) is 28.8. The topological polar surface area (TPSA) is 51.6 Å². The third-order valence-electron chi connectivity index (χ3n) is 17.0. The summed E-state index contributed by atoms with van der Waals surface area (Å²) in [7, 11) is 0. The lowest BCUT2D eigenvalue weighted by Crippen LogP contribution is -1.81. The number of hydrogen-bond acceptors (Lipinski definition) is 20. The molecule has 0 saturated heterocycles. The SMILES string of the molecule is Cc1cc(-c2cc3c4nsnc4c4cc(-c5cc(C)c(C)s5)sc4c3s2)sc1C.Cc1cc(F)cs1.Cc1cc2c3nsnc3c3cc(-c4cc(C)c(-c5cc(F)c(C)s5)s4)sc3c2s1.Cc1ccc(-c2c3cc(-c4sc(C)cc4C)sc3c(-c3ccc(C)s3)c3cc(C)sc23)s1. The summed E-state index contributed by atoms with van der Waals surface area (Å²) in [6, 6.07) is 35.5. The molecule has 0 aliphatic rings. The predicted octanol–water partition coefficient (Wildman–Crippen LogP) is 30.5. The van der Waals surface area contributed by atoms with Gasteiger partial charge in [0.25, 0.3) is 0 Å². The Kier molecular flexibility index (Phi) is 17.8. The standard InChI is InChI=1S/C27H22S5.C22H16N2S5.C21H13FN2S5.C5H5FS/c1-13-10-16(4)30-25(13)22-12-19-24(21-9-7-15(3)29-21)26-18(11-17(5)31-26)23(27(19)32-22)20-8-6-14(2)28-20;1-9-5-15(25-11(9)3)17-7-13-19-20(24-29-23-19)14-8-18(28-22(14)21(13)27-17)16-6-10(2)12(4)26-16;1-8-4-14(27-19(8)16-7-13(22)10(3)26-16)15-6-12-18-17(23-29-24-18)11-5-9(2)25-20(11)21(12)28-15;1-4-2-5(6)3-7-4/h6-12H,1-5H3;5-8H,1-4H3;4-7H,1-3H3;2-3H,1H3. The first-order valence-electron chi connectivity index (χ1n) is 30.8. The Morgan fingerprint density at radius 2 is 0.649 bits per heavy atom. The number of rotatable bonds is 7. The predicted molar refractivity (Wildman–Crippen MR) is 443 cm³/mol. The number of thiophene rings is 14. The lowest BCUT2D eigenvalue weighted by atomic mass is 9.99. The molecule has 0 radical (unpaired) electrons. The molecule has 4 nitrogen and oxygen atoms in total. The lowest BCUT2D eigenvalue weighted by Gasteiger charge is -2.09. The molecule has 19 aromatic rings. The zero-order valence-electron chi connectivity index (χ0n) is 54.4. The summed E-state index contributed by atoms with van der Waals surface area (Å²) in [5.74, 6) is -0.238. The molecule has 16 aromatic heterocycles. The molecule has 0 unspecified atom stereocenters. The van der Waals surface area contributed by atoms with Gasteiger partial charge >= 0.3 is 0 Å². The van der Waals surface area contributed by atoms with Crippen LogP contribution in [0.2, 0.25) is 0 Å². The van der Waals surface area contributed by atoms with Crippen LogP contribution in [-0.4, -0.2) is 17.5 Å². The van der Waals surface area contributed by atoms with Crippen molar-refractivity contribution in [3.05, 3.63) is 180 Å². The van der Waals surface area contributed by atoms with Crippen LogP contribution >= 0.6 is 182 Å². The molecule has 0 fully saturated rings. The molecule has 0 N–H and O–H groups in total. The van der Waals surface area contributed by atoms with Crippen LogP contribution in [0.15, 0.2) is 102 Å². The summed E-state index contributed by atoms with van der Waals surface area (Å²) >= 11 is 28.2. The first-order chi connectivity index (χ1) is 46.7. The van der Waals surface area contributed by atoms with Gasteiger partial charge in [-0.1, -0.05) is 0 Å². The highest BCUT2D eigenvalue weighted by atomic mass is 32.2. The molecular formula is C75H56F2N4S16. The molecule has 3 aromatic carbocycles. The summed E-state index contributed by atoms with van der Waals surface area (Å²) in [4.78, 5) is 26.9. The minimum atomic E-state index is -0.123. The molecule has 0 spiro atoms. The van der Waals surface area contributed by atoms with E-state index in [1.165, 1.54) is 234 Å². The molecular weight excluding hydrogens is 1510 g/mol. The van der Waals surface area contributed by atoms with Crippen LogP contribution in [0.3, 0.4) is 0 Å². The summed E-state index contributed by atoms with van der Waals surface area (Å²) in [5, 5.41) is 9.21. The van der Waals surface area contributed by atoms with Gasteiger partial charge < -0.3 is 0 Å². The van der Waals surface area contributed by atoms with Crippen LogP contribution in [-0.2, 0) is 0 Å². The van der Waals surface area contributed by atoms with E-state index < -0.39 is 0 Å². The molecule has 0 aliphatic heterocycles. The number of benzene rings is 3. The van der Waals surface area contributed by atoms with Gasteiger partial charge in [0.1, 0.15) is 33.7 Å². The summed E-state index contributed by atoms with van der Waals surface area (Å²) < 4.78 is 52.5. The molecule has 22 heteroatoms. The number of nitrogens with zero attached hydrogens (tertiary/aromatic N) is 4. The largest absolute Gasteiger partial charge is 0.206 e. The average molecular weight is 1560 g/mol. The van der Waals surface area contributed by atoms with Crippen LogP contribution in [0.4, 0.5) is 8.78 Å². The van der Waals surface area contributed by atoms with E-state index in [9.17, 15) is 8.78 Å². The zero-order valence-corrected chi connectivity index (χ0v) is 67.5. The first kappa shape index (κ1) is 66.1. The monoisotopic (exact) mass is 1560 g/mol. The number of aromatic nitrogens is 4. The number of halogens is 2. The molecule has 0 atom stereocenters. The van der Waals surface area contributed by atoms with Gasteiger partial charge in [-0.25, -0.2) is 8.78 Å². The van der Waals surface area contributed by atoms with Gasteiger partial charge in [0, 0.05) is 161 Å². The summed E-state index contributed by atoms with van der Waals surface area (Å²) in [6.45, 7) is 27.9. The van der Waals surface area contributed by atoms with Crippen LogP contribution in [0.25, 0.3) is 152 Å². The van der Waals surface area contributed by atoms with Gasteiger partial charge in [-0.15, -0.1) is 159 Å². The van der Waals surface area contributed by atoms with Crippen molar-refractivity contribution in [1.29, 1.82) is 0 Å². The number of hydrogen-bond donors (Lipinski definition) is 0. The minimum absolute atomic E-state index is 0.116. The van der Waals surface area contributed by atoms with E-state index in [1.54, 1.807) is 17.4 Å². The van der Waals surface area contributed by atoms with Crippen molar-refractivity contribution >= 4 is 265 Å². The van der Waals surface area contributed by atoms with Crippen LogP contribution in [0.1, 0.15) is 66.1 Å². The van der Waals surface area contributed by atoms with Gasteiger partial charge in [-0.3, -0.25) is 0 Å². The van der Waals surface area contributed by atoms with E-state index in [-0.39, 0.29) is 11.6 Å². The quantitative estimate of drug-likeness (QED) is 0.160. The van der Waals surface area contributed by atoms with Gasteiger partial charge in [0.05, 0.1) is 42.3 Å². The molecule has 0 amide bonds. The van der Waals surface area contributed by atoms with Crippen molar-refractivity contribution in [2.75, 3.05) is 0 Å². The third kappa shape index (κ3) is 12.2. The first-order valence-corrected chi connectivity index (χ1v) is 43.7. The molecule has 486 valence electrons. The lowest BCUT2D eigenvalue weighted by molar-refractivity contribution is 0.626. The van der Waals surface area contributed by atoms with Crippen molar-refractivity contribution in [3.8, 4) is 69.7 Å². The molecule has 16 heterocycles. The van der Waals surface area contributed by atoms with Crippen molar-refractivity contribution < 1.29 is 8.78 Å². The normalized spacial score (nSPS) is 11.9. The molecule has 0 aliphatic carbocycles. The van der Waals surface area contributed by atoms with E-state index in [4.69, 9.17) is 0 Å². The van der Waals surface area contributed by atoms with Gasteiger partial charge in [-0.2, -0.15) is 17.5 Å². The maximum Gasteiger partial charge on any atom is 0.137 e. The third-order valence-corrected chi connectivity index (χ3v) is 34.6. The average Bonchev–Trinajstić information content (AvgIpc) is 1.60. The highest BCUT2D eigenvalue weighted by molar-refractivity contribution is 7.34. The Labute approximate surface area is 623 Å². The van der Waals surface area contributed by atoms with Crippen LogP contribution in [0, 0.1) is 102 Å². The summed E-state index contributed by atoms with van der Waals surface area (Å²) in [6.07, 6.45) is 0. The Balaban J connectivity index is 0.000000109. The second-order valence-corrected chi connectivity index (χ2v) is 41.7. The van der Waals surface area contributed by atoms with Gasteiger partial charge in [0.2, 0.25) is 0 Å². The maximum absolute atomic E-state index is 13.9. The second-order valence-electron chi connectivity index (χ2n) is 24.2. The second kappa shape index (κ2) is 26.2. The Morgan fingerprint density at radius 3 is 1.07 bits per heavy atom. The minimum Gasteiger partial charge on any atom is -0.206 e. The van der Waals surface area contributed by atoms with E-state index in [1.807, 2.05) is 139 Å². The number of aryl methyl sites for hydroxylation is 13. The van der Waals surface area contributed by atoms with Crippen molar-refractivity contribution in [2.24, 2.45) is 0 Å². The van der Waals surface area contributed by atoms with E-state index >= 15 is 0 Å². The van der Waals surface area contributed by atoms with Crippen molar-refractivity contribution in [3.63, 3.8) is 0 Å². The summed E-state index contributed by atoms with van der Waals surface area (Å²) in [5.41, 5.74) is 12.3. The molecule has 19 rings (SSSR count). The molecule has 97 heavy (non-hydrogen) atoms. The van der Waals surface area contributed by atoms with E-state index in [0.29, 0.717) is 0 Å². The fraction of sp³-hybridized carbons (Fsp3) is 0.173. The molecule has 0 saturated carbocycles. The van der Waals surface area contributed by atoms with Crippen molar-refractivity contribution in [2.45, 2.75) is 90.0 Å². The maximum atomic E-state index is 13.9. The van der Waals surface area contributed by atoms with Crippen LogP contribution in [0.5, 0.6) is 0 Å². The van der Waals surface area contributed by atoms with Crippen LogP contribution < -0.4 is 0 Å². The van der Waals surface area contributed by atoms with Gasteiger partial charge in [0.15, 0.2) is 0 Å². The highest BCUT2D eigenvalue weighted by Gasteiger charge is 2.26.